The van der Waals surface area contributed by atoms with Gasteiger partial charge in [-0.05, 0) is 5.56 Å². The zero-order valence-electron chi connectivity index (χ0n) is 8.11. The van der Waals surface area contributed by atoms with E-state index in [0.717, 1.165) is 5.56 Å². The molecule has 1 atom stereocenters. The predicted octanol–water partition coefficient (Wildman–Crippen LogP) is 3.77. The first kappa shape index (κ1) is 13.4. The molecular weight excluding hydrogens is 270 g/mol. The Balaban J connectivity index is 2.85. The molecule has 1 aromatic carbocycles. The van der Waals surface area contributed by atoms with Gasteiger partial charge in [-0.15, -0.1) is 0 Å². The lowest BCUT2D eigenvalue weighted by Gasteiger charge is -2.16. The largest absolute Gasteiger partial charge is 0.481 e. The van der Waals surface area contributed by atoms with Crippen molar-refractivity contribution in [2.24, 2.45) is 5.92 Å². The molecule has 0 aliphatic carbocycles. The van der Waals surface area contributed by atoms with Gasteiger partial charge in [0.2, 0.25) is 3.79 Å². The second kappa shape index (κ2) is 5.58. The number of hydrogen-bond acceptors (Lipinski definition) is 1. The third-order valence-electron chi connectivity index (χ3n) is 1.90. The van der Waals surface area contributed by atoms with Crippen molar-refractivity contribution in [2.45, 2.75) is 3.79 Å². The van der Waals surface area contributed by atoms with E-state index in [1.807, 2.05) is 30.3 Å². The number of benzene rings is 1. The van der Waals surface area contributed by atoms with Gasteiger partial charge in [0.25, 0.3) is 0 Å². The summed E-state index contributed by atoms with van der Waals surface area (Å²) in [5, 5.41) is 8.88. The second-order valence-corrected chi connectivity index (χ2v) is 5.50. The molecule has 0 amide bonds. The van der Waals surface area contributed by atoms with E-state index in [1.165, 1.54) is 6.08 Å². The van der Waals surface area contributed by atoms with Crippen molar-refractivity contribution in [3.63, 3.8) is 0 Å². The van der Waals surface area contributed by atoms with Gasteiger partial charge in [-0.25, -0.2) is 0 Å². The number of carboxylic acid groups (broad SMARTS) is 1. The van der Waals surface area contributed by atoms with Gasteiger partial charge in [0.1, 0.15) is 5.92 Å². The minimum absolute atomic E-state index is 0.850. The monoisotopic (exact) mass is 278 g/mol. The maximum absolute atomic E-state index is 10.9. The van der Waals surface area contributed by atoms with Crippen LogP contribution in [0.25, 0.3) is 6.08 Å². The SMILES string of the molecule is O=C(O)C(C=Cc1ccccc1)C(Cl)(Cl)Cl. The Bertz CT molecular complexity index is 382. The first-order valence-electron chi connectivity index (χ1n) is 4.44. The highest BCUT2D eigenvalue weighted by atomic mass is 35.6. The summed E-state index contributed by atoms with van der Waals surface area (Å²) in [6, 6.07) is 9.19. The van der Waals surface area contributed by atoms with Crippen LogP contribution < -0.4 is 0 Å². The van der Waals surface area contributed by atoms with Crippen LogP contribution in [-0.2, 0) is 4.79 Å². The van der Waals surface area contributed by atoms with Crippen LogP contribution in [0.1, 0.15) is 5.56 Å². The molecule has 0 bridgehead atoms. The van der Waals surface area contributed by atoms with E-state index in [-0.39, 0.29) is 0 Å². The van der Waals surface area contributed by atoms with Gasteiger partial charge >= 0.3 is 5.97 Å². The average molecular weight is 280 g/mol. The molecule has 1 aromatic rings. The Morgan fingerprint density at radius 1 is 1.25 bits per heavy atom. The molecule has 0 radical (unpaired) electrons. The van der Waals surface area contributed by atoms with Crippen molar-refractivity contribution in [3.05, 3.63) is 42.0 Å². The summed E-state index contributed by atoms with van der Waals surface area (Å²) in [5.74, 6) is -2.34. The van der Waals surface area contributed by atoms with Gasteiger partial charge in [0, 0.05) is 0 Å². The summed E-state index contributed by atoms with van der Waals surface area (Å²) in [6.07, 6.45) is 2.98. The van der Waals surface area contributed by atoms with Crippen molar-refractivity contribution in [1.82, 2.24) is 0 Å². The number of carboxylic acids is 1. The number of aliphatic carboxylic acids is 1. The molecule has 0 aliphatic heterocycles. The molecule has 1 unspecified atom stereocenters. The van der Waals surface area contributed by atoms with E-state index < -0.39 is 15.7 Å². The van der Waals surface area contributed by atoms with Crippen LogP contribution in [-0.4, -0.2) is 14.9 Å². The Kier molecular flexibility index (Phi) is 4.66. The molecule has 86 valence electrons. The van der Waals surface area contributed by atoms with E-state index in [1.54, 1.807) is 6.08 Å². The fourth-order valence-corrected chi connectivity index (χ4v) is 1.60. The van der Waals surface area contributed by atoms with Gasteiger partial charge < -0.3 is 5.11 Å². The third-order valence-corrected chi connectivity index (χ3v) is 2.60. The lowest BCUT2D eigenvalue weighted by molar-refractivity contribution is -0.139. The van der Waals surface area contributed by atoms with Crippen molar-refractivity contribution >= 4 is 46.8 Å². The number of rotatable bonds is 3. The normalized spacial score (nSPS) is 13.9. The topological polar surface area (TPSA) is 37.3 Å². The standard InChI is InChI=1S/C11H9Cl3O2/c12-11(13,14)9(10(15)16)7-6-8-4-2-1-3-5-8/h1-7,9H,(H,15,16). The molecule has 0 aliphatic rings. The van der Waals surface area contributed by atoms with Crippen LogP contribution in [0.5, 0.6) is 0 Å². The summed E-state index contributed by atoms with van der Waals surface area (Å²) < 4.78 is -1.85. The molecule has 0 aromatic heterocycles. The maximum Gasteiger partial charge on any atom is 0.314 e. The summed E-state index contributed by atoms with van der Waals surface area (Å²) in [4.78, 5) is 10.9. The van der Waals surface area contributed by atoms with Crippen LogP contribution in [0.15, 0.2) is 36.4 Å². The van der Waals surface area contributed by atoms with E-state index in [4.69, 9.17) is 39.9 Å². The molecule has 0 fully saturated rings. The lowest BCUT2D eigenvalue weighted by atomic mass is 10.1. The van der Waals surface area contributed by atoms with Gasteiger partial charge in [-0.1, -0.05) is 77.3 Å². The summed E-state index contributed by atoms with van der Waals surface area (Å²) in [7, 11) is 0. The highest BCUT2D eigenvalue weighted by Gasteiger charge is 2.36. The average Bonchev–Trinajstić information content (AvgIpc) is 2.17. The lowest BCUT2D eigenvalue weighted by Crippen LogP contribution is -2.25. The van der Waals surface area contributed by atoms with Gasteiger partial charge in [0.15, 0.2) is 0 Å². The Hall–Kier alpha value is -0.700. The number of alkyl halides is 3. The fourth-order valence-electron chi connectivity index (χ4n) is 1.10. The predicted molar refractivity (Wildman–Crippen MR) is 66.9 cm³/mol. The molecule has 5 heteroatoms. The van der Waals surface area contributed by atoms with Crippen LogP contribution in [0.2, 0.25) is 0 Å². The minimum Gasteiger partial charge on any atom is -0.481 e. The van der Waals surface area contributed by atoms with E-state index in [2.05, 4.69) is 0 Å². The van der Waals surface area contributed by atoms with Gasteiger partial charge in [-0.3, -0.25) is 4.79 Å². The molecular formula is C11H9Cl3O2. The summed E-state index contributed by atoms with van der Waals surface area (Å²) in [6.45, 7) is 0. The first-order chi connectivity index (χ1) is 7.41. The molecule has 1 N–H and O–H groups in total. The highest BCUT2D eigenvalue weighted by Crippen LogP contribution is 2.36. The molecule has 0 heterocycles. The van der Waals surface area contributed by atoms with Gasteiger partial charge in [0.05, 0.1) is 0 Å². The summed E-state index contributed by atoms with van der Waals surface area (Å²) >= 11 is 16.7. The second-order valence-electron chi connectivity index (χ2n) is 3.13. The minimum atomic E-state index is -1.85. The summed E-state index contributed by atoms with van der Waals surface area (Å²) in [5.41, 5.74) is 0.850. The number of halogens is 3. The van der Waals surface area contributed by atoms with Crippen molar-refractivity contribution in [2.75, 3.05) is 0 Å². The highest BCUT2D eigenvalue weighted by molar-refractivity contribution is 6.68. The van der Waals surface area contributed by atoms with E-state index in [0.29, 0.717) is 0 Å². The quantitative estimate of drug-likeness (QED) is 0.855. The third kappa shape index (κ3) is 4.05. The van der Waals surface area contributed by atoms with E-state index >= 15 is 0 Å². The number of carbonyl (C=O) groups is 1. The van der Waals surface area contributed by atoms with Crippen LogP contribution >= 0.6 is 34.8 Å². The smallest absolute Gasteiger partial charge is 0.314 e. The van der Waals surface area contributed by atoms with Crippen molar-refractivity contribution in [3.8, 4) is 0 Å². The van der Waals surface area contributed by atoms with E-state index in [9.17, 15) is 4.79 Å². The molecule has 0 saturated carbocycles. The Morgan fingerprint density at radius 2 is 1.81 bits per heavy atom. The molecule has 16 heavy (non-hydrogen) atoms. The molecule has 1 rings (SSSR count). The first-order valence-corrected chi connectivity index (χ1v) is 5.57. The zero-order valence-corrected chi connectivity index (χ0v) is 10.4. The van der Waals surface area contributed by atoms with Gasteiger partial charge in [-0.2, -0.15) is 0 Å². The Morgan fingerprint density at radius 3 is 2.25 bits per heavy atom. The van der Waals surface area contributed by atoms with Crippen LogP contribution in [0, 0.1) is 5.92 Å². The molecule has 0 saturated heterocycles. The maximum atomic E-state index is 10.9. The van der Waals surface area contributed by atoms with Crippen LogP contribution in [0.4, 0.5) is 0 Å². The number of hydrogen-bond donors (Lipinski definition) is 1. The molecule has 2 nitrogen and oxygen atoms in total. The zero-order chi connectivity index (χ0) is 12.2. The molecule has 0 spiro atoms. The van der Waals surface area contributed by atoms with Crippen molar-refractivity contribution in [1.29, 1.82) is 0 Å². The van der Waals surface area contributed by atoms with Crippen LogP contribution in [0.3, 0.4) is 0 Å². The Labute approximate surface area is 108 Å². The fraction of sp³-hybridized carbons (Fsp3) is 0.182. The van der Waals surface area contributed by atoms with Crippen molar-refractivity contribution < 1.29 is 9.90 Å².